The smallest absolute Gasteiger partial charge is 0.227 e. The highest BCUT2D eigenvalue weighted by Crippen LogP contribution is 2.16. The lowest BCUT2D eigenvalue weighted by molar-refractivity contribution is -0.119. The molecule has 1 unspecified atom stereocenters. The summed E-state index contributed by atoms with van der Waals surface area (Å²) in [5, 5.41) is 11.6. The fourth-order valence-electron chi connectivity index (χ4n) is 1.73. The number of hydrogen-bond acceptors (Lipinski definition) is 2. The quantitative estimate of drug-likeness (QED) is 0.799. The number of para-hydroxylation sites is 1. The van der Waals surface area contributed by atoms with Gasteiger partial charge in [-0.3, -0.25) is 4.79 Å². The minimum Gasteiger partial charge on any atom is -0.395 e. The Morgan fingerprint density at radius 2 is 2.16 bits per heavy atom. The first-order valence-corrected chi connectivity index (χ1v) is 6.68. The van der Waals surface area contributed by atoms with Crippen LogP contribution in [0.25, 0.3) is 0 Å². The van der Waals surface area contributed by atoms with E-state index in [9.17, 15) is 4.79 Å². The van der Waals surface area contributed by atoms with Crippen LogP contribution in [0.4, 0.5) is 5.69 Å². The monoisotopic (exact) mass is 259 g/mol. The van der Waals surface area contributed by atoms with Gasteiger partial charge >= 0.3 is 0 Å². The van der Waals surface area contributed by atoms with Crippen LogP contribution < -0.4 is 5.32 Å². The third-order valence-corrected chi connectivity index (χ3v) is 2.81. The molecule has 0 saturated carbocycles. The van der Waals surface area contributed by atoms with Gasteiger partial charge in [0.15, 0.2) is 0 Å². The van der Waals surface area contributed by atoms with Crippen molar-refractivity contribution in [2.45, 2.75) is 33.1 Å². The molecular formula is C16H21NO2. The summed E-state index contributed by atoms with van der Waals surface area (Å²) < 4.78 is 0. The Hall–Kier alpha value is -1.79. The number of amides is 1. The molecule has 19 heavy (non-hydrogen) atoms. The molecular weight excluding hydrogens is 238 g/mol. The third kappa shape index (κ3) is 5.15. The van der Waals surface area contributed by atoms with Crippen molar-refractivity contribution in [1.82, 2.24) is 0 Å². The van der Waals surface area contributed by atoms with E-state index in [1.807, 2.05) is 31.2 Å². The molecule has 0 radical (unpaired) electrons. The van der Waals surface area contributed by atoms with Gasteiger partial charge in [-0.25, -0.2) is 0 Å². The largest absolute Gasteiger partial charge is 0.395 e. The fourth-order valence-corrected chi connectivity index (χ4v) is 1.73. The molecule has 0 heterocycles. The zero-order chi connectivity index (χ0) is 14.1. The number of carbonyl (C=O) groups excluding carboxylic acids is 1. The lowest BCUT2D eigenvalue weighted by Crippen LogP contribution is -2.20. The van der Waals surface area contributed by atoms with Crippen molar-refractivity contribution in [2.75, 3.05) is 11.9 Å². The summed E-state index contributed by atoms with van der Waals surface area (Å²) in [5.74, 6) is 5.86. The number of hydrogen-bond donors (Lipinski definition) is 2. The topological polar surface area (TPSA) is 49.3 Å². The Balaban J connectivity index is 2.78. The van der Waals surface area contributed by atoms with Gasteiger partial charge in [0.25, 0.3) is 0 Å². The van der Waals surface area contributed by atoms with E-state index in [2.05, 4.69) is 24.1 Å². The highest BCUT2D eigenvalue weighted by molar-refractivity contribution is 5.93. The Bertz CT molecular complexity index is 471. The van der Waals surface area contributed by atoms with Gasteiger partial charge in [-0.05, 0) is 18.6 Å². The average molecular weight is 259 g/mol. The van der Waals surface area contributed by atoms with Crippen LogP contribution in [0.5, 0.6) is 0 Å². The molecule has 0 fully saturated rings. The van der Waals surface area contributed by atoms with E-state index in [-0.39, 0.29) is 18.4 Å². The van der Waals surface area contributed by atoms with E-state index in [0.29, 0.717) is 6.42 Å². The van der Waals surface area contributed by atoms with Crippen molar-refractivity contribution < 1.29 is 9.90 Å². The van der Waals surface area contributed by atoms with Crippen LogP contribution in [0.2, 0.25) is 0 Å². The minimum absolute atomic E-state index is 0.00320. The van der Waals surface area contributed by atoms with Crippen LogP contribution >= 0.6 is 0 Å². The van der Waals surface area contributed by atoms with Crippen molar-refractivity contribution in [3.8, 4) is 11.8 Å². The van der Waals surface area contributed by atoms with Gasteiger partial charge in [-0.1, -0.05) is 44.2 Å². The van der Waals surface area contributed by atoms with Crippen molar-refractivity contribution in [3.05, 3.63) is 29.8 Å². The standard InChI is InChI=1S/C16H21NO2/c1-3-8-13(2)16(19)17-15-11-5-4-9-14(15)10-6-7-12-18/h4-5,9,11,13,18H,3,7-8,12H2,1-2H3,(H,17,19). The number of rotatable bonds is 5. The number of carbonyl (C=O) groups is 1. The number of anilines is 1. The number of benzene rings is 1. The first-order chi connectivity index (χ1) is 9.19. The third-order valence-electron chi connectivity index (χ3n) is 2.81. The van der Waals surface area contributed by atoms with E-state index >= 15 is 0 Å². The van der Waals surface area contributed by atoms with Crippen molar-refractivity contribution >= 4 is 11.6 Å². The highest BCUT2D eigenvalue weighted by Gasteiger charge is 2.12. The van der Waals surface area contributed by atoms with Crippen LogP contribution in [-0.2, 0) is 4.79 Å². The van der Waals surface area contributed by atoms with Crippen LogP contribution in [0.15, 0.2) is 24.3 Å². The summed E-state index contributed by atoms with van der Waals surface area (Å²) in [5.41, 5.74) is 1.52. The summed E-state index contributed by atoms with van der Waals surface area (Å²) in [7, 11) is 0. The van der Waals surface area contributed by atoms with Crippen molar-refractivity contribution in [3.63, 3.8) is 0 Å². The van der Waals surface area contributed by atoms with Gasteiger partial charge in [-0.2, -0.15) is 0 Å². The van der Waals surface area contributed by atoms with Crippen LogP contribution in [0.3, 0.4) is 0 Å². The normalized spacial score (nSPS) is 11.3. The van der Waals surface area contributed by atoms with Gasteiger partial charge in [0, 0.05) is 17.9 Å². The number of aliphatic hydroxyl groups is 1. The number of nitrogens with one attached hydrogen (secondary N) is 1. The summed E-state index contributed by atoms with van der Waals surface area (Å²) in [6, 6.07) is 7.47. The number of aliphatic hydroxyl groups excluding tert-OH is 1. The second kappa shape index (κ2) is 8.34. The lowest BCUT2D eigenvalue weighted by Gasteiger charge is -2.12. The van der Waals surface area contributed by atoms with Crippen molar-refractivity contribution in [1.29, 1.82) is 0 Å². The fraction of sp³-hybridized carbons (Fsp3) is 0.438. The van der Waals surface area contributed by atoms with Crippen LogP contribution in [0.1, 0.15) is 38.7 Å². The maximum absolute atomic E-state index is 12.0. The molecule has 3 nitrogen and oxygen atoms in total. The molecule has 0 bridgehead atoms. The van der Waals surface area contributed by atoms with Gasteiger partial charge in [0.1, 0.15) is 0 Å². The Morgan fingerprint density at radius 3 is 2.84 bits per heavy atom. The van der Waals surface area contributed by atoms with E-state index < -0.39 is 0 Å². The maximum Gasteiger partial charge on any atom is 0.227 e. The average Bonchev–Trinajstić information content (AvgIpc) is 2.41. The molecule has 1 amide bonds. The predicted octanol–water partition coefficient (Wildman–Crippen LogP) is 2.80. The summed E-state index contributed by atoms with van der Waals surface area (Å²) in [4.78, 5) is 12.0. The highest BCUT2D eigenvalue weighted by atomic mass is 16.2. The van der Waals surface area contributed by atoms with Gasteiger partial charge in [-0.15, -0.1) is 0 Å². The molecule has 1 rings (SSSR count). The molecule has 0 spiro atoms. The molecule has 1 atom stereocenters. The Morgan fingerprint density at radius 1 is 1.42 bits per heavy atom. The minimum atomic E-state index is 0.00320. The van der Waals surface area contributed by atoms with Crippen LogP contribution in [-0.4, -0.2) is 17.6 Å². The zero-order valence-electron chi connectivity index (χ0n) is 11.6. The molecule has 0 saturated heterocycles. The second-order valence-corrected chi connectivity index (χ2v) is 4.50. The van der Waals surface area contributed by atoms with E-state index in [4.69, 9.17) is 5.11 Å². The summed E-state index contributed by atoms with van der Waals surface area (Å²) >= 11 is 0. The first kappa shape index (κ1) is 15.3. The second-order valence-electron chi connectivity index (χ2n) is 4.50. The van der Waals surface area contributed by atoms with Crippen molar-refractivity contribution in [2.24, 2.45) is 5.92 Å². The zero-order valence-corrected chi connectivity index (χ0v) is 11.6. The Kier molecular flexibility index (Phi) is 6.70. The predicted molar refractivity (Wildman–Crippen MR) is 77.7 cm³/mol. The molecule has 102 valence electrons. The summed E-state index contributed by atoms with van der Waals surface area (Å²) in [6.07, 6.45) is 2.31. The molecule has 2 N–H and O–H groups in total. The molecule has 0 aliphatic heterocycles. The Labute approximate surface area is 115 Å². The van der Waals surface area contributed by atoms with Gasteiger partial charge in [0.2, 0.25) is 5.91 Å². The van der Waals surface area contributed by atoms with Gasteiger partial charge < -0.3 is 10.4 Å². The van der Waals surface area contributed by atoms with Gasteiger partial charge in [0.05, 0.1) is 12.3 Å². The van der Waals surface area contributed by atoms with E-state index in [0.717, 1.165) is 24.1 Å². The van der Waals surface area contributed by atoms with E-state index in [1.54, 1.807) is 0 Å². The summed E-state index contributed by atoms with van der Waals surface area (Å²) in [6.45, 7) is 4.05. The molecule has 0 aromatic heterocycles. The first-order valence-electron chi connectivity index (χ1n) is 6.68. The van der Waals surface area contributed by atoms with Crippen LogP contribution in [0, 0.1) is 17.8 Å². The molecule has 3 heteroatoms. The maximum atomic E-state index is 12.0. The lowest BCUT2D eigenvalue weighted by atomic mass is 10.0. The SMILES string of the molecule is CCCC(C)C(=O)Nc1ccccc1C#CCCO. The molecule has 0 aliphatic rings. The molecule has 1 aromatic carbocycles. The van der Waals surface area contributed by atoms with E-state index in [1.165, 1.54) is 0 Å². The molecule has 1 aromatic rings. The molecule has 0 aliphatic carbocycles.